The number of carbonyl (C=O) groups excluding carboxylic acids is 1. The van der Waals surface area contributed by atoms with Crippen molar-refractivity contribution in [3.63, 3.8) is 0 Å². The Hall–Kier alpha value is -2.08. The smallest absolute Gasteiger partial charge is 0.274 e. The Bertz CT molecular complexity index is 625. The lowest BCUT2D eigenvalue weighted by Crippen LogP contribution is -2.27. The molecule has 0 atom stereocenters. The monoisotopic (exact) mass is 293 g/mol. The molecule has 2 rings (SSSR count). The van der Waals surface area contributed by atoms with Gasteiger partial charge in [-0.25, -0.2) is 4.98 Å². The second-order valence-electron chi connectivity index (χ2n) is 4.46. The summed E-state index contributed by atoms with van der Waals surface area (Å²) in [4.78, 5) is 18.1. The molecule has 0 spiro atoms. The number of aromatic nitrogens is 3. The number of pyridine rings is 1. The van der Waals surface area contributed by atoms with Crippen molar-refractivity contribution in [3.8, 4) is 0 Å². The normalized spacial score (nSPS) is 10.4. The molecule has 0 aliphatic heterocycles. The Morgan fingerprint density at radius 1 is 1.50 bits per heavy atom. The van der Waals surface area contributed by atoms with Gasteiger partial charge in [-0.3, -0.25) is 9.48 Å². The molecule has 2 aromatic heterocycles. The predicted molar refractivity (Wildman–Crippen MR) is 77.8 cm³/mol. The zero-order valence-corrected chi connectivity index (χ0v) is 12.3. The van der Waals surface area contributed by atoms with Crippen LogP contribution in [-0.4, -0.2) is 39.7 Å². The van der Waals surface area contributed by atoms with Gasteiger partial charge in [-0.2, -0.15) is 5.10 Å². The maximum Gasteiger partial charge on any atom is 0.274 e. The van der Waals surface area contributed by atoms with E-state index in [2.05, 4.69) is 15.4 Å². The first kappa shape index (κ1) is 14.3. The van der Waals surface area contributed by atoms with Gasteiger partial charge in [0.25, 0.3) is 5.91 Å². The Morgan fingerprint density at radius 3 is 2.85 bits per heavy atom. The fourth-order valence-corrected chi connectivity index (χ4v) is 2.00. The number of amides is 1. The molecule has 106 valence electrons. The van der Waals surface area contributed by atoms with Crippen LogP contribution >= 0.6 is 11.6 Å². The van der Waals surface area contributed by atoms with E-state index >= 15 is 0 Å². The largest absolute Gasteiger partial charge is 0.373 e. The third-order valence-electron chi connectivity index (χ3n) is 2.83. The van der Waals surface area contributed by atoms with Crippen LogP contribution in [0.3, 0.4) is 0 Å². The van der Waals surface area contributed by atoms with Gasteiger partial charge < -0.3 is 10.2 Å². The van der Waals surface area contributed by atoms with Gasteiger partial charge in [-0.1, -0.05) is 11.6 Å². The fraction of sp³-hybridized carbons (Fsp3) is 0.308. The zero-order chi connectivity index (χ0) is 14.7. The van der Waals surface area contributed by atoms with Crippen molar-refractivity contribution in [2.75, 3.05) is 19.4 Å². The molecule has 7 heteroatoms. The zero-order valence-electron chi connectivity index (χ0n) is 11.6. The molecule has 2 aromatic rings. The Balaban J connectivity index is 2.17. The molecule has 0 aliphatic rings. The molecular weight excluding hydrogens is 278 g/mol. The van der Waals surface area contributed by atoms with Crippen LogP contribution in [0.5, 0.6) is 0 Å². The number of anilines is 1. The summed E-state index contributed by atoms with van der Waals surface area (Å²) in [5.74, 6) is 0.378. The first-order valence-corrected chi connectivity index (χ1v) is 6.46. The Labute approximate surface area is 122 Å². The minimum Gasteiger partial charge on any atom is -0.373 e. The van der Waals surface area contributed by atoms with Crippen molar-refractivity contribution in [1.29, 1.82) is 0 Å². The molecule has 0 radical (unpaired) electrons. The van der Waals surface area contributed by atoms with E-state index in [9.17, 15) is 4.79 Å². The predicted octanol–water partition coefficient (Wildman–Crippen LogP) is 1.78. The number of aryl methyl sites for hydroxylation is 1. The van der Waals surface area contributed by atoms with E-state index < -0.39 is 0 Å². The number of halogens is 1. The summed E-state index contributed by atoms with van der Waals surface area (Å²) in [7, 11) is 5.28. The van der Waals surface area contributed by atoms with Crippen molar-refractivity contribution >= 4 is 23.3 Å². The average molecular weight is 294 g/mol. The molecule has 20 heavy (non-hydrogen) atoms. The minimum absolute atomic E-state index is 0.226. The first-order chi connectivity index (χ1) is 9.51. The number of nitrogens with one attached hydrogen (secondary N) is 1. The summed E-state index contributed by atoms with van der Waals surface area (Å²) in [5.41, 5.74) is 1.19. The van der Waals surface area contributed by atoms with Gasteiger partial charge in [-0.05, 0) is 12.1 Å². The van der Waals surface area contributed by atoms with Gasteiger partial charge in [0.15, 0.2) is 0 Å². The number of rotatable bonds is 4. The van der Waals surface area contributed by atoms with Gasteiger partial charge in [-0.15, -0.1) is 0 Å². The second-order valence-corrected chi connectivity index (χ2v) is 4.87. The highest BCUT2D eigenvalue weighted by Crippen LogP contribution is 2.18. The van der Waals surface area contributed by atoms with Crippen molar-refractivity contribution < 1.29 is 4.79 Å². The molecule has 0 fully saturated rings. The van der Waals surface area contributed by atoms with Crippen LogP contribution in [0.25, 0.3) is 0 Å². The van der Waals surface area contributed by atoms with Crippen LogP contribution in [0.1, 0.15) is 16.1 Å². The first-order valence-electron chi connectivity index (χ1n) is 6.08. The lowest BCUT2D eigenvalue weighted by molar-refractivity contribution is 0.0779. The lowest BCUT2D eigenvalue weighted by atomic mass is 10.2. The van der Waals surface area contributed by atoms with Crippen LogP contribution in [0.4, 0.5) is 5.82 Å². The van der Waals surface area contributed by atoms with E-state index in [1.165, 1.54) is 0 Å². The quantitative estimate of drug-likeness (QED) is 0.933. The SMILES string of the molecule is CNc1ccc(Cl)c(C(=O)N(C)Cc2cnn(C)c2)n1. The van der Waals surface area contributed by atoms with E-state index in [0.717, 1.165) is 5.56 Å². The Morgan fingerprint density at radius 2 is 2.25 bits per heavy atom. The summed E-state index contributed by atoms with van der Waals surface area (Å²) in [5, 5.41) is 7.30. The molecule has 0 bridgehead atoms. The summed E-state index contributed by atoms with van der Waals surface area (Å²) in [6.07, 6.45) is 3.59. The highest BCUT2D eigenvalue weighted by atomic mass is 35.5. The maximum absolute atomic E-state index is 12.4. The summed E-state index contributed by atoms with van der Waals surface area (Å²) in [6.45, 7) is 0.453. The van der Waals surface area contributed by atoms with Gasteiger partial charge in [0.2, 0.25) is 0 Å². The van der Waals surface area contributed by atoms with Gasteiger partial charge in [0.05, 0.1) is 11.2 Å². The number of carbonyl (C=O) groups is 1. The molecule has 6 nitrogen and oxygen atoms in total. The minimum atomic E-state index is -0.226. The number of hydrogen-bond donors (Lipinski definition) is 1. The third kappa shape index (κ3) is 3.08. The van der Waals surface area contributed by atoms with E-state index in [1.54, 1.807) is 42.0 Å². The summed E-state index contributed by atoms with van der Waals surface area (Å²) in [6, 6.07) is 3.38. The molecule has 0 saturated heterocycles. The van der Waals surface area contributed by atoms with Crippen LogP contribution in [0.15, 0.2) is 24.5 Å². The van der Waals surface area contributed by atoms with Crippen LogP contribution < -0.4 is 5.32 Å². The van der Waals surface area contributed by atoms with Crippen molar-refractivity contribution in [1.82, 2.24) is 19.7 Å². The summed E-state index contributed by atoms with van der Waals surface area (Å²) >= 11 is 6.04. The Kier molecular flexibility index (Phi) is 4.24. The van der Waals surface area contributed by atoms with Gasteiger partial charge in [0.1, 0.15) is 11.5 Å². The summed E-state index contributed by atoms with van der Waals surface area (Å²) < 4.78 is 1.69. The highest BCUT2D eigenvalue weighted by molar-refractivity contribution is 6.33. The third-order valence-corrected chi connectivity index (χ3v) is 3.13. The molecule has 0 aromatic carbocycles. The van der Waals surface area contributed by atoms with Crippen molar-refractivity contribution in [2.45, 2.75) is 6.54 Å². The number of nitrogens with zero attached hydrogens (tertiary/aromatic N) is 4. The van der Waals surface area contributed by atoms with Gasteiger partial charge >= 0.3 is 0 Å². The second kappa shape index (κ2) is 5.92. The van der Waals surface area contributed by atoms with E-state index in [4.69, 9.17) is 11.6 Å². The van der Waals surface area contributed by atoms with Gasteiger partial charge in [0, 0.05) is 39.4 Å². The van der Waals surface area contributed by atoms with Crippen molar-refractivity contribution in [2.24, 2.45) is 7.05 Å². The molecule has 0 saturated carbocycles. The van der Waals surface area contributed by atoms with Crippen molar-refractivity contribution in [3.05, 3.63) is 40.8 Å². The van der Waals surface area contributed by atoms with E-state index in [1.807, 2.05) is 13.2 Å². The van der Waals surface area contributed by atoms with E-state index in [0.29, 0.717) is 17.4 Å². The molecule has 1 amide bonds. The molecular formula is C13H16ClN5O. The molecule has 2 heterocycles. The van der Waals surface area contributed by atoms with E-state index in [-0.39, 0.29) is 11.6 Å². The number of hydrogen-bond acceptors (Lipinski definition) is 4. The highest BCUT2D eigenvalue weighted by Gasteiger charge is 2.18. The fourth-order valence-electron chi connectivity index (χ4n) is 1.81. The van der Waals surface area contributed by atoms with Crippen LogP contribution in [0, 0.1) is 0 Å². The van der Waals surface area contributed by atoms with Crippen LogP contribution in [0.2, 0.25) is 5.02 Å². The van der Waals surface area contributed by atoms with Crippen LogP contribution in [-0.2, 0) is 13.6 Å². The topological polar surface area (TPSA) is 63.1 Å². The average Bonchev–Trinajstić information content (AvgIpc) is 2.84. The molecule has 0 unspecified atom stereocenters. The standard InChI is InChI=1S/C13H16ClN5O/c1-15-11-5-4-10(14)12(17-11)13(20)18(2)7-9-6-16-19(3)8-9/h4-6,8H,7H2,1-3H3,(H,15,17). The molecule has 1 N–H and O–H groups in total. The lowest BCUT2D eigenvalue weighted by Gasteiger charge is -2.16. The molecule has 0 aliphatic carbocycles. The maximum atomic E-state index is 12.4.